The van der Waals surface area contributed by atoms with E-state index in [1.54, 1.807) is 0 Å². The molecule has 0 aromatic heterocycles. The van der Waals surface area contributed by atoms with Gasteiger partial charge in [-0.05, 0) is 141 Å². The summed E-state index contributed by atoms with van der Waals surface area (Å²) in [6.45, 7) is 0. The Hall–Kier alpha value is -6.15. The molecule has 2 heteroatoms. The molecule has 0 heterocycles. The van der Waals surface area contributed by atoms with E-state index in [2.05, 4.69) is 193 Å². The van der Waals surface area contributed by atoms with Crippen molar-refractivity contribution in [2.75, 3.05) is 4.90 Å². The van der Waals surface area contributed by atoms with E-state index in [9.17, 15) is 0 Å². The normalized spacial score (nSPS) is 13.0. The second-order valence-corrected chi connectivity index (χ2v) is 15.3. The molecule has 272 valence electrons. The maximum atomic E-state index is 6.36. The number of benzene rings is 8. The summed E-state index contributed by atoms with van der Waals surface area (Å²) in [5, 5.41) is 0.731. The van der Waals surface area contributed by atoms with Crippen molar-refractivity contribution < 1.29 is 0 Å². The molecule has 0 N–H and O–H groups in total. The maximum absolute atomic E-state index is 6.36. The molecule has 0 bridgehead atoms. The van der Waals surface area contributed by atoms with E-state index in [1.165, 1.54) is 82.2 Å². The summed E-state index contributed by atoms with van der Waals surface area (Å²) in [6.07, 6.45) is 6.75. The van der Waals surface area contributed by atoms with Crippen LogP contribution in [0.4, 0.5) is 17.1 Å². The molecule has 1 aliphatic rings. The van der Waals surface area contributed by atoms with E-state index in [0.29, 0.717) is 0 Å². The van der Waals surface area contributed by atoms with E-state index >= 15 is 0 Å². The molecule has 9 rings (SSSR count). The second kappa shape index (κ2) is 16.3. The first-order chi connectivity index (χ1) is 27.7. The summed E-state index contributed by atoms with van der Waals surface area (Å²) < 4.78 is 0. The van der Waals surface area contributed by atoms with Gasteiger partial charge in [-0.15, -0.1) is 0 Å². The zero-order valence-corrected chi connectivity index (χ0v) is 32.2. The van der Waals surface area contributed by atoms with Gasteiger partial charge in [-0.25, -0.2) is 0 Å². The Morgan fingerprint density at radius 3 is 1.16 bits per heavy atom. The van der Waals surface area contributed by atoms with Crippen LogP contribution in [0.15, 0.2) is 200 Å². The molecule has 8 aromatic carbocycles. The number of para-hydroxylation sites is 1. The van der Waals surface area contributed by atoms with Crippen LogP contribution in [-0.4, -0.2) is 0 Å². The van der Waals surface area contributed by atoms with Crippen LogP contribution >= 0.6 is 11.6 Å². The molecular formula is C54H44ClN. The van der Waals surface area contributed by atoms with E-state index in [-0.39, 0.29) is 0 Å². The molecule has 0 atom stereocenters. The van der Waals surface area contributed by atoms with Gasteiger partial charge in [-0.2, -0.15) is 0 Å². The van der Waals surface area contributed by atoms with Crippen molar-refractivity contribution in [1.82, 2.24) is 0 Å². The van der Waals surface area contributed by atoms with Gasteiger partial charge in [-0.3, -0.25) is 0 Å². The first kappa shape index (κ1) is 35.5. The number of hydrogen-bond acceptors (Lipinski definition) is 1. The lowest BCUT2D eigenvalue weighted by Crippen LogP contribution is -2.09. The summed E-state index contributed by atoms with van der Waals surface area (Å²) in [4.78, 5) is 2.34. The van der Waals surface area contributed by atoms with E-state index in [0.717, 1.165) is 39.1 Å². The van der Waals surface area contributed by atoms with Gasteiger partial charge in [0.05, 0.1) is 0 Å². The molecule has 8 aromatic rings. The highest BCUT2D eigenvalue weighted by Crippen LogP contribution is 2.44. The highest BCUT2D eigenvalue weighted by molar-refractivity contribution is 6.30. The van der Waals surface area contributed by atoms with Crippen LogP contribution < -0.4 is 4.90 Å². The van der Waals surface area contributed by atoms with Crippen LogP contribution in [0, 0.1) is 0 Å². The molecule has 0 amide bonds. The van der Waals surface area contributed by atoms with Crippen LogP contribution in [0.3, 0.4) is 0 Å². The minimum absolute atomic E-state index is 0.718. The van der Waals surface area contributed by atoms with Crippen molar-refractivity contribution in [3.05, 3.63) is 211 Å². The van der Waals surface area contributed by atoms with Gasteiger partial charge in [0, 0.05) is 22.1 Å². The monoisotopic (exact) mass is 741 g/mol. The predicted molar refractivity (Wildman–Crippen MR) is 239 cm³/mol. The molecular weight excluding hydrogens is 698 g/mol. The third-order valence-corrected chi connectivity index (χ3v) is 11.6. The Bertz CT molecular complexity index is 2500. The van der Waals surface area contributed by atoms with Crippen LogP contribution in [0.5, 0.6) is 0 Å². The topological polar surface area (TPSA) is 3.24 Å². The average Bonchev–Trinajstić information content (AvgIpc) is 3.28. The van der Waals surface area contributed by atoms with Crippen molar-refractivity contribution >= 4 is 28.7 Å². The molecule has 0 spiro atoms. The number of anilines is 3. The summed E-state index contributed by atoms with van der Waals surface area (Å²) >= 11 is 6.36. The third-order valence-electron chi connectivity index (χ3n) is 11.4. The number of halogens is 1. The minimum Gasteiger partial charge on any atom is -0.311 e. The largest absolute Gasteiger partial charge is 0.311 e. The molecule has 0 aliphatic heterocycles. The van der Waals surface area contributed by atoms with Gasteiger partial charge in [-0.1, -0.05) is 170 Å². The van der Waals surface area contributed by atoms with Crippen molar-refractivity contribution in [3.63, 3.8) is 0 Å². The Balaban J connectivity index is 1.10. The van der Waals surface area contributed by atoms with Crippen molar-refractivity contribution in [1.29, 1.82) is 0 Å². The van der Waals surface area contributed by atoms with Crippen molar-refractivity contribution in [3.8, 4) is 55.6 Å². The minimum atomic E-state index is 0.718. The van der Waals surface area contributed by atoms with Crippen molar-refractivity contribution in [2.24, 2.45) is 0 Å². The van der Waals surface area contributed by atoms with Gasteiger partial charge in [0.1, 0.15) is 0 Å². The first-order valence-corrected chi connectivity index (χ1v) is 20.3. The zero-order valence-electron chi connectivity index (χ0n) is 31.5. The molecule has 1 nitrogen and oxygen atoms in total. The highest BCUT2D eigenvalue weighted by atomic mass is 35.5. The Morgan fingerprint density at radius 1 is 0.339 bits per heavy atom. The summed E-state index contributed by atoms with van der Waals surface area (Å²) in [5.74, 6) is 0.718. The number of hydrogen-bond donors (Lipinski definition) is 0. The molecule has 0 unspecified atom stereocenters. The summed E-state index contributed by atoms with van der Waals surface area (Å²) in [7, 11) is 0. The second-order valence-electron chi connectivity index (χ2n) is 14.9. The fraction of sp³-hybridized carbons (Fsp3) is 0.111. The molecule has 0 radical (unpaired) electrons. The van der Waals surface area contributed by atoms with E-state index < -0.39 is 0 Å². The van der Waals surface area contributed by atoms with Gasteiger partial charge in [0.15, 0.2) is 0 Å². The fourth-order valence-corrected chi connectivity index (χ4v) is 8.55. The Morgan fingerprint density at radius 2 is 0.696 bits per heavy atom. The van der Waals surface area contributed by atoms with Crippen LogP contribution in [-0.2, 0) is 0 Å². The lowest BCUT2D eigenvalue weighted by Gasteiger charge is -2.26. The predicted octanol–water partition coefficient (Wildman–Crippen LogP) is 16.2. The zero-order chi connectivity index (χ0) is 37.7. The first-order valence-electron chi connectivity index (χ1n) is 19.9. The molecule has 1 fully saturated rings. The molecule has 1 saturated carbocycles. The van der Waals surface area contributed by atoms with E-state index in [4.69, 9.17) is 11.6 Å². The lowest BCUT2D eigenvalue weighted by molar-refractivity contribution is 0.443. The summed E-state index contributed by atoms with van der Waals surface area (Å²) in [5.41, 5.74) is 16.7. The van der Waals surface area contributed by atoms with Crippen LogP contribution in [0.2, 0.25) is 5.02 Å². The fourth-order valence-electron chi connectivity index (χ4n) is 8.42. The maximum Gasteiger partial charge on any atom is 0.0462 e. The van der Waals surface area contributed by atoms with Gasteiger partial charge >= 0.3 is 0 Å². The quantitative estimate of drug-likeness (QED) is 0.142. The number of rotatable bonds is 9. The third kappa shape index (κ3) is 7.56. The average molecular weight is 742 g/mol. The van der Waals surface area contributed by atoms with E-state index in [1.807, 2.05) is 12.1 Å². The lowest BCUT2D eigenvalue weighted by atomic mass is 9.84. The molecule has 56 heavy (non-hydrogen) atoms. The summed E-state index contributed by atoms with van der Waals surface area (Å²) in [6, 6.07) is 72.3. The van der Waals surface area contributed by atoms with Gasteiger partial charge in [0.25, 0.3) is 0 Å². The van der Waals surface area contributed by atoms with Crippen molar-refractivity contribution in [2.45, 2.75) is 38.0 Å². The smallest absolute Gasteiger partial charge is 0.0462 e. The van der Waals surface area contributed by atoms with Gasteiger partial charge in [0.2, 0.25) is 0 Å². The van der Waals surface area contributed by atoms with Crippen LogP contribution in [0.25, 0.3) is 55.6 Å². The standard InChI is InChI=1S/C54H44ClN/c55-47-31-25-45(26-32-47)53-37-52(44-17-9-3-10-18-44)54(38-51(53)43-15-7-2-8-16-43)46-29-35-50(36-30-46)56(48-19-11-4-12-20-48)49-33-27-42(28-34-49)41-23-21-40(22-24-41)39-13-5-1-6-14-39/h2-4,7-12,15-39H,1,5-6,13-14H2. The molecule has 0 saturated heterocycles. The Kier molecular flexibility index (Phi) is 10.3. The van der Waals surface area contributed by atoms with Crippen LogP contribution in [0.1, 0.15) is 43.6 Å². The highest BCUT2D eigenvalue weighted by Gasteiger charge is 2.19. The Labute approximate surface area is 336 Å². The number of nitrogens with zero attached hydrogens (tertiary/aromatic N) is 1. The van der Waals surface area contributed by atoms with Gasteiger partial charge < -0.3 is 4.90 Å². The molecule has 1 aliphatic carbocycles. The SMILES string of the molecule is Clc1ccc(-c2cc(-c3ccccc3)c(-c3ccc(N(c4ccccc4)c4ccc(-c5ccc(C6CCCCC6)cc5)cc4)cc3)cc2-c2ccccc2)cc1.